The minimum absolute atomic E-state index is 0.0297. The SMILES string of the molecule is CC(C)(C)NS(=O)(=O)c1cc(-c2cncnc2)ccc1-c1cnc([C@H]2CC[C@H](NC(=O)O)CC2)s1. The summed E-state index contributed by atoms with van der Waals surface area (Å²) in [7, 11) is -3.84. The van der Waals surface area contributed by atoms with Crippen LogP contribution in [0.5, 0.6) is 0 Å². The molecule has 1 fully saturated rings. The van der Waals surface area contributed by atoms with E-state index in [0.717, 1.165) is 41.1 Å². The number of amides is 1. The van der Waals surface area contributed by atoms with Gasteiger partial charge in [-0.1, -0.05) is 12.1 Å². The maximum Gasteiger partial charge on any atom is 0.404 e. The Hall–Kier alpha value is -2.89. The van der Waals surface area contributed by atoms with Crippen LogP contribution < -0.4 is 10.0 Å². The number of hydrogen-bond acceptors (Lipinski definition) is 7. The normalized spacial score (nSPS) is 18.8. The molecule has 0 aliphatic heterocycles. The number of carboxylic acid groups (broad SMARTS) is 1. The van der Waals surface area contributed by atoms with Crippen LogP contribution in [0.2, 0.25) is 0 Å². The highest BCUT2D eigenvalue weighted by atomic mass is 32.2. The summed E-state index contributed by atoms with van der Waals surface area (Å²) >= 11 is 1.49. The van der Waals surface area contributed by atoms with Crippen LogP contribution in [0.4, 0.5) is 4.79 Å². The molecule has 1 aliphatic carbocycles. The van der Waals surface area contributed by atoms with Crippen molar-refractivity contribution in [3.05, 3.63) is 48.1 Å². The number of thiazole rings is 1. The lowest BCUT2D eigenvalue weighted by atomic mass is 9.86. The summed E-state index contributed by atoms with van der Waals surface area (Å²) in [5.74, 6) is 0.231. The Labute approximate surface area is 209 Å². The Kier molecular flexibility index (Phi) is 7.20. The van der Waals surface area contributed by atoms with E-state index in [1.165, 1.54) is 17.7 Å². The maximum atomic E-state index is 13.4. The Balaban J connectivity index is 1.67. The van der Waals surface area contributed by atoms with Gasteiger partial charge in [0.15, 0.2) is 0 Å². The van der Waals surface area contributed by atoms with Crippen molar-refractivity contribution in [3.8, 4) is 21.6 Å². The average Bonchev–Trinajstić information content (AvgIpc) is 3.28. The summed E-state index contributed by atoms with van der Waals surface area (Å²) < 4.78 is 29.7. The molecule has 0 saturated heterocycles. The molecule has 0 atom stereocenters. The molecule has 0 radical (unpaired) electrons. The largest absolute Gasteiger partial charge is 0.465 e. The molecule has 1 saturated carbocycles. The van der Waals surface area contributed by atoms with Gasteiger partial charge < -0.3 is 10.4 Å². The number of benzene rings is 1. The zero-order chi connectivity index (χ0) is 25.2. The summed E-state index contributed by atoms with van der Waals surface area (Å²) in [5.41, 5.74) is 1.37. The summed E-state index contributed by atoms with van der Waals surface area (Å²) in [4.78, 5) is 24.6. The van der Waals surface area contributed by atoms with Crippen LogP contribution in [0.15, 0.2) is 48.0 Å². The number of sulfonamides is 1. The molecule has 1 aromatic carbocycles. The van der Waals surface area contributed by atoms with Crippen molar-refractivity contribution in [2.24, 2.45) is 0 Å². The molecule has 11 heteroatoms. The highest BCUT2D eigenvalue weighted by Gasteiger charge is 2.28. The van der Waals surface area contributed by atoms with Gasteiger partial charge in [0, 0.05) is 47.2 Å². The average molecular weight is 516 g/mol. The molecule has 35 heavy (non-hydrogen) atoms. The molecule has 1 amide bonds. The van der Waals surface area contributed by atoms with Crippen LogP contribution in [0.1, 0.15) is 57.4 Å². The van der Waals surface area contributed by atoms with Gasteiger partial charge in [-0.05, 0) is 58.1 Å². The van der Waals surface area contributed by atoms with Gasteiger partial charge in [0.25, 0.3) is 0 Å². The van der Waals surface area contributed by atoms with Gasteiger partial charge in [-0.25, -0.2) is 32.9 Å². The summed E-state index contributed by atoms with van der Waals surface area (Å²) in [6.07, 6.45) is 8.66. The van der Waals surface area contributed by atoms with Crippen molar-refractivity contribution in [3.63, 3.8) is 0 Å². The van der Waals surface area contributed by atoms with E-state index in [0.29, 0.717) is 11.1 Å². The van der Waals surface area contributed by atoms with Gasteiger partial charge in [-0.15, -0.1) is 11.3 Å². The predicted octanol–water partition coefficient (Wildman–Crippen LogP) is 4.64. The van der Waals surface area contributed by atoms with E-state index in [9.17, 15) is 13.2 Å². The quantitative estimate of drug-likeness (QED) is 0.435. The number of aromatic nitrogens is 3. The number of nitrogens with one attached hydrogen (secondary N) is 2. The molecule has 0 unspecified atom stereocenters. The minimum Gasteiger partial charge on any atom is -0.465 e. The smallest absolute Gasteiger partial charge is 0.404 e. The first-order valence-corrected chi connectivity index (χ1v) is 13.7. The third-order valence-corrected chi connectivity index (χ3v) is 8.79. The van der Waals surface area contributed by atoms with Gasteiger partial charge in [-0.3, -0.25) is 0 Å². The van der Waals surface area contributed by atoms with Crippen molar-refractivity contribution in [1.29, 1.82) is 0 Å². The first kappa shape index (κ1) is 25.2. The van der Waals surface area contributed by atoms with Crippen molar-refractivity contribution < 1.29 is 18.3 Å². The zero-order valence-electron chi connectivity index (χ0n) is 19.9. The predicted molar refractivity (Wildman–Crippen MR) is 135 cm³/mol. The fraction of sp³-hybridized carbons (Fsp3) is 0.417. The number of hydrogen-bond donors (Lipinski definition) is 3. The summed E-state index contributed by atoms with van der Waals surface area (Å²) in [6, 6.07) is 5.30. The van der Waals surface area contributed by atoms with Crippen molar-refractivity contribution in [2.75, 3.05) is 0 Å². The van der Waals surface area contributed by atoms with Crippen molar-refractivity contribution >= 4 is 27.5 Å². The Morgan fingerprint density at radius 3 is 2.37 bits per heavy atom. The highest BCUT2D eigenvalue weighted by Crippen LogP contribution is 2.40. The lowest BCUT2D eigenvalue weighted by Gasteiger charge is -2.27. The molecule has 4 rings (SSSR count). The second kappa shape index (κ2) is 10.00. The lowest BCUT2D eigenvalue weighted by molar-refractivity contribution is 0.185. The molecule has 1 aliphatic rings. The molecular formula is C24H29N5O4S2. The standard InChI is InChI=1S/C24H29N5O4S2/c1-24(2,3)29-35(32,33)21-10-16(17-11-25-14-26-12-17)6-9-19(21)20-13-27-22(34-20)15-4-7-18(8-5-15)28-23(30)31/h6,9-15,18,28-29H,4-5,7-8H2,1-3H3,(H,30,31)/t15-,18-. The first-order chi connectivity index (χ1) is 16.5. The second-order valence-corrected chi connectivity index (χ2v) is 12.5. The van der Waals surface area contributed by atoms with Crippen molar-refractivity contribution in [2.45, 2.75) is 68.8 Å². The molecule has 186 valence electrons. The van der Waals surface area contributed by atoms with E-state index < -0.39 is 21.7 Å². The fourth-order valence-electron chi connectivity index (χ4n) is 4.29. The van der Waals surface area contributed by atoms with Crippen LogP contribution in [-0.4, -0.2) is 46.2 Å². The Bertz CT molecular complexity index is 1290. The third kappa shape index (κ3) is 6.22. The number of carbonyl (C=O) groups is 1. The first-order valence-electron chi connectivity index (χ1n) is 11.4. The van der Waals surface area contributed by atoms with Crippen LogP contribution in [-0.2, 0) is 10.0 Å². The monoisotopic (exact) mass is 515 g/mol. The highest BCUT2D eigenvalue weighted by molar-refractivity contribution is 7.89. The third-order valence-electron chi connectivity index (χ3n) is 5.80. The summed E-state index contributed by atoms with van der Waals surface area (Å²) in [5, 5.41) is 12.5. The van der Waals surface area contributed by atoms with Gasteiger partial charge >= 0.3 is 6.09 Å². The van der Waals surface area contributed by atoms with Gasteiger partial charge in [0.05, 0.1) is 14.8 Å². The molecule has 2 aromatic heterocycles. The minimum atomic E-state index is -3.84. The van der Waals surface area contributed by atoms with Gasteiger partial charge in [0.1, 0.15) is 6.33 Å². The zero-order valence-corrected chi connectivity index (χ0v) is 21.5. The van der Waals surface area contributed by atoms with E-state index in [2.05, 4.69) is 25.0 Å². The molecule has 9 nitrogen and oxygen atoms in total. The van der Waals surface area contributed by atoms with Crippen LogP contribution in [0, 0.1) is 0 Å². The lowest BCUT2D eigenvalue weighted by Crippen LogP contribution is -2.40. The van der Waals surface area contributed by atoms with Gasteiger partial charge in [-0.2, -0.15) is 0 Å². The van der Waals surface area contributed by atoms with Gasteiger partial charge in [0.2, 0.25) is 10.0 Å². The number of rotatable bonds is 6. The van der Waals surface area contributed by atoms with Crippen LogP contribution >= 0.6 is 11.3 Å². The van der Waals surface area contributed by atoms with E-state index in [4.69, 9.17) is 5.11 Å². The molecule has 0 spiro atoms. The molecule has 0 bridgehead atoms. The van der Waals surface area contributed by atoms with E-state index in [-0.39, 0.29) is 16.9 Å². The van der Waals surface area contributed by atoms with E-state index in [1.807, 2.05) is 12.1 Å². The number of nitrogens with zero attached hydrogens (tertiary/aromatic N) is 3. The fourth-order valence-corrected chi connectivity index (χ4v) is 7.15. The molecule has 3 N–H and O–H groups in total. The topological polar surface area (TPSA) is 134 Å². The molecule has 2 heterocycles. The second-order valence-electron chi connectivity index (χ2n) is 9.75. The Morgan fingerprint density at radius 1 is 1.06 bits per heavy atom. The summed E-state index contributed by atoms with van der Waals surface area (Å²) in [6.45, 7) is 5.42. The van der Waals surface area contributed by atoms with Crippen LogP contribution in [0.3, 0.4) is 0 Å². The van der Waals surface area contributed by atoms with Crippen molar-refractivity contribution in [1.82, 2.24) is 25.0 Å². The maximum absolute atomic E-state index is 13.4. The Morgan fingerprint density at radius 2 is 1.74 bits per heavy atom. The molecular weight excluding hydrogens is 486 g/mol. The van der Waals surface area contributed by atoms with E-state index >= 15 is 0 Å². The van der Waals surface area contributed by atoms with E-state index in [1.54, 1.807) is 45.4 Å². The molecule has 3 aromatic rings. The van der Waals surface area contributed by atoms with Crippen LogP contribution in [0.25, 0.3) is 21.6 Å².